The fraction of sp³-hybridized carbons (Fsp3) is 0.200. The Balaban J connectivity index is 1.84. The van der Waals surface area contributed by atoms with Crippen molar-refractivity contribution in [2.45, 2.75) is 12.8 Å². The van der Waals surface area contributed by atoms with Crippen molar-refractivity contribution in [2.24, 2.45) is 5.73 Å². The Morgan fingerprint density at radius 1 is 1.16 bits per heavy atom. The Kier molecular flexibility index (Phi) is 5.95. The molecule has 0 saturated heterocycles. The van der Waals surface area contributed by atoms with E-state index in [9.17, 15) is 22.8 Å². The predicted molar refractivity (Wildman–Crippen MR) is 107 cm³/mol. The number of anilines is 1. The van der Waals surface area contributed by atoms with E-state index in [2.05, 4.69) is 9.97 Å². The second-order valence-electron chi connectivity index (χ2n) is 6.76. The van der Waals surface area contributed by atoms with E-state index in [0.29, 0.717) is 17.3 Å². The lowest BCUT2D eigenvalue weighted by Crippen LogP contribution is -2.27. The number of carbonyl (C=O) groups is 1. The summed E-state index contributed by atoms with van der Waals surface area (Å²) in [6.45, 7) is 0.158. The maximum absolute atomic E-state index is 13.4. The molecule has 0 spiro atoms. The molecule has 2 aromatic heterocycles. The highest BCUT2D eigenvalue weighted by atomic mass is 19.4. The van der Waals surface area contributed by atoms with Gasteiger partial charge in [-0.25, -0.2) is 9.97 Å². The number of aromatic amines is 1. The fourth-order valence-corrected chi connectivity index (χ4v) is 2.72. The number of carbonyl (C=O) groups excluding carboxylic acids is 1. The Morgan fingerprint density at radius 3 is 2.29 bits per heavy atom. The van der Waals surface area contributed by atoms with Gasteiger partial charge in [-0.15, -0.1) is 0 Å². The Bertz CT molecular complexity index is 1140. The van der Waals surface area contributed by atoms with Gasteiger partial charge in [0.2, 0.25) is 5.95 Å². The first-order chi connectivity index (χ1) is 14.6. The SMILES string of the molecule is CN(C)c1ncc(COc2ccc(-c3cc(C(N)=O)c(=O)[nH]c3C(F)(F)F)cc2)cn1. The van der Waals surface area contributed by atoms with Crippen molar-refractivity contribution in [1.29, 1.82) is 0 Å². The third-order valence-electron chi connectivity index (χ3n) is 4.25. The lowest BCUT2D eigenvalue weighted by molar-refractivity contribution is -0.140. The van der Waals surface area contributed by atoms with Gasteiger partial charge in [0.25, 0.3) is 11.5 Å². The smallest absolute Gasteiger partial charge is 0.431 e. The first-order valence-corrected chi connectivity index (χ1v) is 8.92. The van der Waals surface area contributed by atoms with E-state index in [1.807, 2.05) is 14.1 Å². The van der Waals surface area contributed by atoms with Crippen molar-refractivity contribution in [2.75, 3.05) is 19.0 Å². The number of primary amides is 1. The Labute approximate surface area is 174 Å². The van der Waals surface area contributed by atoms with E-state index in [-0.39, 0.29) is 17.7 Å². The minimum absolute atomic E-state index is 0.122. The number of rotatable bonds is 6. The summed E-state index contributed by atoms with van der Waals surface area (Å²) >= 11 is 0. The van der Waals surface area contributed by atoms with Crippen molar-refractivity contribution < 1.29 is 22.7 Å². The summed E-state index contributed by atoms with van der Waals surface area (Å²) in [4.78, 5) is 34.9. The van der Waals surface area contributed by atoms with Crippen LogP contribution in [0.2, 0.25) is 0 Å². The molecule has 0 fully saturated rings. The van der Waals surface area contributed by atoms with Gasteiger partial charge in [-0.2, -0.15) is 13.2 Å². The van der Waals surface area contributed by atoms with E-state index in [1.165, 1.54) is 24.3 Å². The van der Waals surface area contributed by atoms with Crippen LogP contribution in [0.25, 0.3) is 11.1 Å². The molecule has 11 heteroatoms. The van der Waals surface area contributed by atoms with Crippen LogP contribution in [0.4, 0.5) is 19.1 Å². The van der Waals surface area contributed by atoms with Crippen molar-refractivity contribution in [3.05, 3.63) is 69.9 Å². The highest BCUT2D eigenvalue weighted by Crippen LogP contribution is 2.35. The van der Waals surface area contributed by atoms with Crippen LogP contribution < -0.4 is 20.9 Å². The molecule has 3 N–H and O–H groups in total. The van der Waals surface area contributed by atoms with Crippen LogP contribution in [-0.2, 0) is 12.8 Å². The minimum Gasteiger partial charge on any atom is -0.489 e. The summed E-state index contributed by atoms with van der Waals surface area (Å²) in [5.74, 6) is -0.183. The standard InChI is InChI=1S/C20H18F3N5O3/c1-28(2)19-25-8-11(9-26-19)10-31-13-5-3-12(4-6-13)14-7-15(17(24)29)18(30)27-16(14)20(21,22)23/h3-9H,10H2,1-2H3,(H2,24,29)(H,27,30). The lowest BCUT2D eigenvalue weighted by atomic mass is 10.0. The van der Waals surface area contributed by atoms with Gasteiger partial charge in [-0.1, -0.05) is 12.1 Å². The van der Waals surface area contributed by atoms with Gasteiger partial charge < -0.3 is 20.4 Å². The van der Waals surface area contributed by atoms with E-state index in [4.69, 9.17) is 10.5 Å². The normalized spacial score (nSPS) is 11.3. The van der Waals surface area contributed by atoms with Gasteiger partial charge in [0.05, 0.1) is 0 Å². The molecule has 1 aromatic carbocycles. The number of nitrogens with two attached hydrogens (primary N) is 1. The molecule has 162 valence electrons. The molecular formula is C20H18F3N5O3. The summed E-state index contributed by atoms with van der Waals surface area (Å²) in [6, 6.07) is 6.55. The number of alkyl halides is 3. The Morgan fingerprint density at radius 2 is 1.77 bits per heavy atom. The van der Waals surface area contributed by atoms with Crippen LogP contribution in [0.3, 0.4) is 0 Å². The zero-order chi connectivity index (χ0) is 22.8. The maximum atomic E-state index is 13.4. The highest BCUT2D eigenvalue weighted by Gasteiger charge is 2.36. The van der Waals surface area contributed by atoms with Crippen LogP contribution in [-0.4, -0.2) is 35.0 Å². The molecule has 0 radical (unpaired) electrons. The zero-order valence-electron chi connectivity index (χ0n) is 16.5. The molecule has 0 unspecified atom stereocenters. The molecule has 0 bridgehead atoms. The molecule has 0 aliphatic carbocycles. The lowest BCUT2D eigenvalue weighted by Gasteiger charge is -2.14. The van der Waals surface area contributed by atoms with Gasteiger partial charge in [0.1, 0.15) is 23.6 Å². The number of H-pyrrole nitrogens is 1. The van der Waals surface area contributed by atoms with E-state index >= 15 is 0 Å². The van der Waals surface area contributed by atoms with Crippen LogP contribution in [0.15, 0.2) is 47.5 Å². The van der Waals surface area contributed by atoms with Gasteiger partial charge >= 0.3 is 6.18 Å². The topological polar surface area (TPSA) is 114 Å². The third kappa shape index (κ3) is 5.00. The van der Waals surface area contributed by atoms with Crippen LogP contribution in [0, 0.1) is 0 Å². The first-order valence-electron chi connectivity index (χ1n) is 8.92. The number of pyridine rings is 1. The number of benzene rings is 1. The van der Waals surface area contributed by atoms with Crippen molar-refractivity contribution >= 4 is 11.9 Å². The summed E-state index contributed by atoms with van der Waals surface area (Å²) in [6.07, 6.45) is -1.62. The summed E-state index contributed by atoms with van der Waals surface area (Å²) in [7, 11) is 3.62. The molecule has 3 aromatic rings. The molecule has 0 atom stereocenters. The fourth-order valence-electron chi connectivity index (χ4n) is 2.72. The number of halogens is 3. The predicted octanol–water partition coefficient (Wildman–Crippen LogP) is 2.59. The molecular weight excluding hydrogens is 415 g/mol. The van der Waals surface area contributed by atoms with Crippen molar-refractivity contribution in [3.8, 4) is 16.9 Å². The summed E-state index contributed by atoms with van der Waals surface area (Å²) < 4.78 is 45.8. The summed E-state index contributed by atoms with van der Waals surface area (Å²) in [5, 5.41) is 0. The van der Waals surface area contributed by atoms with Crippen LogP contribution >= 0.6 is 0 Å². The van der Waals surface area contributed by atoms with Gasteiger partial charge in [0.15, 0.2) is 0 Å². The van der Waals surface area contributed by atoms with Crippen LogP contribution in [0.1, 0.15) is 21.6 Å². The quantitative estimate of drug-likeness (QED) is 0.618. The number of nitrogens with one attached hydrogen (secondary N) is 1. The van der Waals surface area contributed by atoms with Crippen molar-refractivity contribution in [1.82, 2.24) is 15.0 Å². The molecule has 0 saturated carbocycles. The number of hydrogen-bond acceptors (Lipinski definition) is 6. The van der Waals surface area contributed by atoms with Crippen LogP contribution in [0.5, 0.6) is 5.75 Å². The molecule has 0 aliphatic rings. The molecule has 8 nitrogen and oxygen atoms in total. The van der Waals surface area contributed by atoms with E-state index in [0.717, 1.165) is 6.07 Å². The van der Waals surface area contributed by atoms with Crippen molar-refractivity contribution in [3.63, 3.8) is 0 Å². The van der Waals surface area contributed by atoms with Gasteiger partial charge in [-0.3, -0.25) is 9.59 Å². The second kappa shape index (κ2) is 8.46. The molecule has 2 heterocycles. The number of nitrogens with zero attached hydrogens (tertiary/aromatic N) is 3. The number of amides is 1. The molecule has 1 amide bonds. The average Bonchev–Trinajstić information content (AvgIpc) is 2.72. The minimum atomic E-state index is -4.83. The number of hydrogen-bond donors (Lipinski definition) is 2. The largest absolute Gasteiger partial charge is 0.489 e. The second-order valence-corrected chi connectivity index (χ2v) is 6.76. The third-order valence-corrected chi connectivity index (χ3v) is 4.25. The van der Waals surface area contributed by atoms with Gasteiger partial charge in [-0.05, 0) is 23.8 Å². The van der Waals surface area contributed by atoms with E-state index < -0.39 is 28.9 Å². The molecule has 3 rings (SSSR count). The monoisotopic (exact) mass is 433 g/mol. The zero-order valence-corrected chi connectivity index (χ0v) is 16.5. The number of ether oxygens (including phenoxy) is 1. The van der Waals surface area contributed by atoms with E-state index in [1.54, 1.807) is 22.3 Å². The maximum Gasteiger partial charge on any atom is 0.431 e. The molecule has 31 heavy (non-hydrogen) atoms. The highest BCUT2D eigenvalue weighted by molar-refractivity contribution is 5.94. The molecule has 0 aliphatic heterocycles. The first kappa shape index (κ1) is 21.8. The van der Waals surface area contributed by atoms with Gasteiger partial charge in [0, 0.05) is 37.6 Å². The summed E-state index contributed by atoms with van der Waals surface area (Å²) in [5.41, 5.74) is 2.51. The average molecular weight is 433 g/mol. The Hall–Kier alpha value is -3.89. The number of aromatic nitrogens is 3.